The van der Waals surface area contributed by atoms with E-state index >= 15 is 0 Å². The standard InChI is InChI=1S/C22H21ClN2O4/c1-13(19-11-15-10-16(23)6-7-18(15)29-19)24-21(26)17-5-3-4-14-12-25(8-9-28-2)22(27)20(14)17/h3-7,10-11,13H,8-9,12H2,1-2H3,(H,24,26). The van der Waals surface area contributed by atoms with Gasteiger partial charge in [-0.2, -0.15) is 0 Å². The van der Waals surface area contributed by atoms with Crippen LogP contribution in [0.1, 0.15) is 45.0 Å². The Morgan fingerprint density at radius 3 is 2.93 bits per heavy atom. The Hall–Kier alpha value is -2.83. The molecule has 0 radical (unpaired) electrons. The normalized spacial score (nSPS) is 14.3. The fourth-order valence-corrected chi connectivity index (χ4v) is 3.77. The third-order valence-electron chi connectivity index (χ3n) is 5.09. The highest BCUT2D eigenvalue weighted by Gasteiger charge is 2.31. The van der Waals surface area contributed by atoms with Gasteiger partial charge in [0.15, 0.2) is 0 Å². The van der Waals surface area contributed by atoms with Crippen molar-refractivity contribution < 1.29 is 18.7 Å². The summed E-state index contributed by atoms with van der Waals surface area (Å²) in [5.41, 5.74) is 2.39. The van der Waals surface area contributed by atoms with Crippen LogP contribution >= 0.6 is 11.6 Å². The van der Waals surface area contributed by atoms with Crippen LogP contribution in [0.4, 0.5) is 0 Å². The SMILES string of the molecule is COCCN1Cc2cccc(C(=O)NC(C)c3cc4cc(Cl)ccc4o3)c2C1=O. The number of fused-ring (bicyclic) bond motifs is 2. The van der Waals surface area contributed by atoms with Crippen LogP contribution in [0.2, 0.25) is 5.02 Å². The Morgan fingerprint density at radius 1 is 1.31 bits per heavy atom. The number of hydrogen-bond donors (Lipinski definition) is 1. The maximum absolute atomic E-state index is 13.0. The first-order valence-corrected chi connectivity index (χ1v) is 9.75. The van der Waals surface area contributed by atoms with Crippen LogP contribution in [-0.4, -0.2) is 37.0 Å². The topological polar surface area (TPSA) is 71.8 Å². The Kier molecular flexibility index (Phi) is 5.30. The van der Waals surface area contributed by atoms with Gasteiger partial charge in [0.2, 0.25) is 0 Å². The lowest BCUT2D eigenvalue weighted by Gasteiger charge is -2.15. The Labute approximate surface area is 173 Å². The molecule has 7 heteroatoms. The van der Waals surface area contributed by atoms with Gasteiger partial charge in [-0.15, -0.1) is 0 Å². The molecule has 3 aromatic rings. The van der Waals surface area contributed by atoms with E-state index in [2.05, 4.69) is 5.32 Å². The highest BCUT2D eigenvalue weighted by atomic mass is 35.5. The summed E-state index contributed by atoms with van der Waals surface area (Å²) in [6.07, 6.45) is 0. The second-order valence-electron chi connectivity index (χ2n) is 7.09. The Morgan fingerprint density at radius 2 is 2.14 bits per heavy atom. The number of halogens is 1. The molecule has 0 saturated carbocycles. The maximum Gasteiger partial charge on any atom is 0.255 e. The summed E-state index contributed by atoms with van der Waals surface area (Å²) < 4.78 is 10.9. The van der Waals surface area contributed by atoms with Crippen LogP contribution in [0.25, 0.3) is 11.0 Å². The van der Waals surface area contributed by atoms with Crippen molar-refractivity contribution in [3.8, 4) is 0 Å². The predicted molar refractivity (Wildman–Crippen MR) is 110 cm³/mol. The zero-order valence-corrected chi connectivity index (χ0v) is 17.0. The molecule has 1 aliphatic rings. The summed E-state index contributed by atoms with van der Waals surface area (Å²) in [4.78, 5) is 27.4. The minimum Gasteiger partial charge on any atom is -0.459 e. The fraction of sp³-hybridized carbons (Fsp3) is 0.273. The van der Waals surface area contributed by atoms with Gasteiger partial charge < -0.3 is 19.4 Å². The smallest absolute Gasteiger partial charge is 0.255 e. The van der Waals surface area contributed by atoms with Crippen molar-refractivity contribution in [1.82, 2.24) is 10.2 Å². The summed E-state index contributed by atoms with van der Waals surface area (Å²) in [5.74, 6) is 0.167. The van der Waals surface area contributed by atoms with Gasteiger partial charge >= 0.3 is 0 Å². The van der Waals surface area contributed by atoms with Gasteiger partial charge in [0.25, 0.3) is 11.8 Å². The van der Waals surface area contributed by atoms with E-state index in [9.17, 15) is 9.59 Å². The van der Waals surface area contributed by atoms with E-state index in [4.69, 9.17) is 20.8 Å². The van der Waals surface area contributed by atoms with Gasteiger partial charge in [-0.25, -0.2) is 0 Å². The minimum absolute atomic E-state index is 0.145. The molecule has 6 nitrogen and oxygen atoms in total. The molecule has 0 fully saturated rings. The number of nitrogens with one attached hydrogen (secondary N) is 1. The van der Waals surface area contributed by atoms with Gasteiger partial charge in [0.05, 0.1) is 23.8 Å². The van der Waals surface area contributed by atoms with Crippen molar-refractivity contribution >= 4 is 34.4 Å². The van der Waals surface area contributed by atoms with Crippen LogP contribution in [0.5, 0.6) is 0 Å². The molecule has 2 amide bonds. The van der Waals surface area contributed by atoms with E-state index in [0.717, 1.165) is 10.9 Å². The quantitative estimate of drug-likeness (QED) is 0.659. The van der Waals surface area contributed by atoms with Crippen LogP contribution in [0.3, 0.4) is 0 Å². The van der Waals surface area contributed by atoms with Crippen molar-refractivity contribution in [3.63, 3.8) is 0 Å². The molecule has 1 unspecified atom stereocenters. The molecule has 0 bridgehead atoms. The zero-order chi connectivity index (χ0) is 20.5. The minimum atomic E-state index is -0.370. The molecule has 2 aromatic carbocycles. The molecule has 0 saturated heterocycles. The fourth-order valence-electron chi connectivity index (χ4n) is 3.58. The van der Waals surface area contributed by atoms with Crippen molar-refractivity contribution in [1.29, 1.82) is 0 Å². The molecule has 1 N–H and O–H groups in total. The van der Waals surface area contributed by atoms with Gasteiger partial charge in [-0.1, -0.05) is 23.7 Å². The summed E-state index contributed by atoms with van der Waals surface area (Å²) in [6.45, 7) is 3.27. The number of carbonyl (C=O) groups is 2. The average Bonchev–Trinajstić information content (AvgIpc) is 3.27. The van der Waals surface area contributed by atoms with Crippen LogP contribution in [0, 0.1) is 0 Å². The predicted octanol–water partition coefficient (Wildman–Crippen LogP) is 4.18. The van der Waals surface area contributed by atoms with Crippen molar-refractivity contribution in [2.45, 2.75) is 19.5 Å². The summed E-state index contributed by atoms with van der Waals surface area (Å²) in [7, 11) is 1.60. The number of furan rings is 1. The Bertz CT molecular complexity index is 1090. The number of ether oxygens (including phenoxy) is 1. The molecule has 0 aliphatic carbocycles. The molecule has 1 aromatic heterocycles. The number of methoxy groups -OCH3 is 1. The molecule has 0 spiro atoms. The second-order valence-corrected chi connectivity index (χ2v) is 7.52. The van der Waals surface area contributed by atoms with E-state index < -0.39 is 0 Å². The molecule has 1 atom stereocenters. The Balaban J connectivity index is 1.55. The van der Waals surface area contributed by atoms with E-state index in [1.54, 1.807) is 36.3 Å². The summed E-state index contributed by atoms with van der Waals surface area (Å²) >= 11 is 6.03. The van der Waals surface area contributed by atoms with Crippen LogP contribution < -0.4 is 5.32 Å². The zero-order valence-electron chi connectivity index (χ0n) is 16.2. The molecule has 4 rings (SSSR count). The first kappa shape index (κ1) is 19.5. The first-order valence-electron chi connectivity index (χ1n) is 9.38. The van der Waals surface area contributed by atoms with Crippen LogP contribution in [0.15, 0.2) is 46.9 Å². The van der Waals surface area contributed by atoms with Gasteiger partial charge in [0.1, 0.15) is 11.3 Å². The summed E-state index contributed by atoms with van der Waals surface area (Å²) in [5, 5.41) is 4.43. The molecule has 2 heterocycles. The highest BCUT2D eigenvalue weighted by molar-refractivity contribution is 6.31. The third-order valence-corrected chi connectivity index (χ3v) is 5.33. The van der Waals surface area contributed by atoms with Gasteiger partial charge in [-0.3, -0.25) is 9.59 Å². The molecule has 150 valence electrons. The van der Waals surface area contributed by atoms with E-state index in [1.807, 2.05) is 25.1 Å². The lowest BCUT2D eigenvalue weighted by molar-refractivity contribution is 0.0715. The van der Waals surface area contributed by atoms with Gasteiger partial charge in [0, 0.05) is 30.6 Å². The number of amides is 2. The first-order chi connectivity index (χ1) is 14.0. The van der Waals surface area contributed by atoms with E-state index in [0.29, 0.717) is 47.2 Å². The molecular formula is C22H21ClN2O4. The second kappa shape index (κ2) is 7.89. The highest BCUT2D eigenvalue weighted by Crippen LogP contribution is 2.28. The van der Waals surface area contributed by atoms with E-state index in [-0.39, 0.29) is 17.9 Å². The van der Waals surface area contributed by atoms with Gasteiger partial charge in [-0.05, 0) is 42.8 Å². The monoisotopic (exact) mass is 412 g/mol. The lowest BCUT2D eigenvalue weighted by atomic mass is 10.0. The number of hydrogen-bond acceptors (Lipinski definition) is 4. The third kappa shape index (κ3) is 3.73. The number of nitrogens with zero attached hydrogens (tertiary/aromatic N) is 1. The lowest BCUT2D eigenvalue weighted by Crippen LogP contribution is -2.30. The number of benzene rings is 2. The molecule has 1 aliphatic heterocycles. The molecular weight excluding hydrogens is 392 g/mol. The van der Waals surface area contributed by atoms with Crippen molar-refractivity contribution in [2.75, 3.05) is 20.3 Å². The van der Waals surface area contributed by atoms with Crippen LogP contribution in [-0.2, 0) is 11.3 Å². The maximum atomic E-state index is 13.0. The summed E-state index contributed by atoms with van der Waals surface area (Å²) in [6, 6.07) is 12.2. The molecule has 29 heavy (non-hydrogen) atoms. The largest absolute Gasteiger partial charge is 0.459 e. The van der Waals surface area contributed by atoms with Crippen molar-refractivity contribution in [3.05, 3.63) is 69.9 Å². The number of carbonyl (C=O) groups excluding carboxylic acids is 2. The van der Waals surface area contributed by atoms with Crippen molar-refractivity contribution in [2.24, 2.45) is 0 Å². The number of rotatable bonds is 6. The average molecular weight is 413 g/mol. The van der Waals surface area contributed by atoms with E-state index in [1.165, 1.54) is 0 Å².